The number of piperidine rings is 1. The third kappa shape index (κ3) is 3.57. The Hall–Kier alpha value is -0.880. The number of halogens is 1. The molecule has 1 aromatic rings. The van der Waals surface area contributed by atoms with Crippen molar-refractivity contribution >= 4 is 21.6 Å². The lowest BCUT2D eigenvalue weighted by Gasteiger charge is -2.29. The van der Waals surface area contributed by atoms with Gasteiger partial charge in [0.2, 0.25) is 0 Å². The Kier molecular flexibility index (Phi) is 4.99. The van der Waals surface area contributed by atoms with Crippen LogP contribution in [0.5, 0.6) is 0 Å². The van der Waals surface area contributed by atoms with Gasteiger partial charge in [0, 0.05) is 13.1 Å². The molecule has 0 saturated carbocycles. The van der Waals surface area contributed by atoms with E-state index in [-0.39, 0.29) is 5.56 Å². The molecule has 106 valence electrons. The zero-order valence-corrected chi connectivity index (χ0v) is 13.1. The molecule has 0 spiro atoms. The molecule has 0 unspecified atom stereocenters. The minimum Gasteiger partial charge on any atom is -0.382 e. The molecule has 0 radical (unpaired) electrons. The van der Waals surface area contributed by atoms with E-state index in [2.05, 4.69) is 38.3 Å². The van der Waals surface area contributed by atoms with Gasteiger partial charge in [0.15, 0.2) is 0 Å². The molecule has 0 bridgehead atoms. The Morgan fingerprint density at radius 1 is 1.47 bits per heavy atom. The van der Waals surface area contributed by atoms with Gasteiger partial charge in [-0.1, -0.05) is 0 Å². The van der Waals surface area contributed by atoms with Crippen LogP contribution in [0.3, 0.4) is 0 Å². The first kappa shape index (κ1) is 14.5. The van der Waals surface area contributed by atoms with E-state index < -0.39 is 0 Å². The molecule has 6 heteroatoms. The molecule has 0 atom stereocenters. The monoisotopic (exact) mass is 328 g/mol. The predicted molar refractivity (Wildman–Crippen MR) is 80.6 cm³/mol. The van der Waals surface area contributed by atoms with Crippen LogP contribution in [0.25, 0.3) is 0 Å². The fourth-order valence-corrected chi connectivity index (χ4v) is 2.78. The summed E-state index contributed by atoms with van der Waals surface area (Å²) in [6, 6.07) is 0. The van der Waals surface area contributed by atoms with Crippen LogP contribution in [-0.4, -0.2) is 41.4 Å². The fraction of sp³-hybridized carbons (Fsp3) is 0.692. The minimum absolute atomic E-state index is 0.0733. The van der Waals surface area contributed by atoms with Gasteiger partial charge in [-0.25, -0.2) is 4.68 Å². The van der Waals surface area contributed by atoms with Crippen LogP contribution >= 0.6 is 15.9 Å². The average molecular weight is 329 g/mol. The van der Waals surface area contributed by atoms with Gasteiger partial charge in [-0.05, 0) is 61.8 Å². The van der Waals surface area contributed by atoms with Crippen molar-refractivity contribution < 1.29 is 0 Å². The van der Waals surface area contributed by atoms with Crippen molar-refractivity contribution in [1.82, 2.24) is 14.7 Å². The number of nitrogens with zero attached hydrogens (tertiary/aromatic N) is 3. The van der Waals surface area contributed by atoms with Crippen LogP contribution in [0, 0.1) is 5.92 Å². The van der Waals surface area contributed by atoms with Crippen LogP contribution in [0.15, 0.2) is 15.5 Å². The smallest absolute Gasteiger partial charge is 0.283 e. The van der Waals surface area contributed by atoms with Crippen molar-refractivity contribution in [2.75, 3.05) is 32.0 Å². The number of rotatable bonds is 4. The summed E-state index contributed by atoms with van der Waals surface area (Å²) in [4.78, 5) is 14.3. The van der Waals surface area contributed by atoms with E-state index in [9.17, 15) is 4.79 Å². The highest BCUT2D eigenvalue weighted by molar-refractivity contribution is 9.10. The topological polar surface area (TPSA) is 50.2 Å². The summed E-state index contributed by atoms with van der Waals surface area (Å²) in [6.45, 7) is 5.72. The van der Waals surface area contributed by atoms with Crippen LogP contribution in [0.4, 0.5) is 5.69 Å². The number of hydrogen-bond donors (Lipinski definition) is 1. The molecule has 2 rings (SSSR count). The second-order valence-electron chi connectivity index (χ2n) is 5.12. The maximum atomic E-state index is 11.9. The Bertz CT molecular complexity index is 480. The van der Waals surface area contributed by atoms with Gasteiger partial charge < -0.3 is 10.2 Å². The maximum absolute atomic E-state index is 11.9. The van der Waals surface area contributed by atoms with Gasteiger partial charge >= 0.3 is 0 Å². The summed E-state index contributed by atoms with van der Waals surface area (Å²) in [6.07, 6.45) is 4.14. The van der Waals surface area contributed by atoms with Gasteiger partial charge in [-0.3, -0.25) is 4.79 Å². The number of anilines is 1. The standard InChI is InChI=1S/C13H21BrN4O/c1-3-18-13(19)12(14)11(9-16-18)15-8-10-4-6-17(2)7-5-10/h9-10,15H,3-8H2,1-2H3. The first-order valence-corrected chi connectivity index (χ1v) is 7.59. The third-order valence-electron chi connectivity index (χ3n) is 3.70. The highest BCUT2D eigenvalue weighted by Crippen LogP contribution is 2.20. The SMILES string of the molecule is CCn1ncc(NCC2CCN(C)CC2)c(Br)c1=O. The molecular formula is C13H21BrN4O. The summed E-state index contributed by atoms with van der Waals surface area (Å²) in [7, 11) is 2.16. The quantitative estimate of drug-likeness (QED) is 0.915. The van der Waals surface area contributed by atoms with E-state index in [0.717, 1.165) is 25.3 Å². The van der Waals surface area contributed by atoms with Gasteiger partial charge in [-0.15, -0.1) is 0 Å². The summed E-state index contributed by atoms with van der Waals surface area (Å²) >= 11 is 3.36. The fourth-order valence-electron chi connectivity index (χ4n) is 2.33. The second kappa shape index (κ2) is 6.52. The van der Waals surface area contributed by atoms with Gasteiger partial charge in [0.1, 0.15) is 4.47 Å². The molecule has 0 aliphatic carbocycles. The van der Waals surface area contributed by atoms with E-state index in [1.165, 1.54) is 17.5 Å². The zero-order valence-electron chi connectivity index (χ0n) is 11.5. The van der Waals surface area contributed by atoms with Gasteiger partial charge in [0.05, 0.1) is 11.9 Å². The lowest BCUT2D eigenvalue weighted by atomic mass is 9.97. The van der Waals surface area contributed by atoms with E-state index in [1.807, 2.05) is 6.92 Å². The summed E-state index contributed by atoms with van der Waals surface area (Å²) in [5.41, 5.74) is 0.726. The molecule has 1 saturated heterocycles. The molecule has 2 heterocycles. The van der Waals surface area contributed by atoms with E-state index in [1.54, 1.807) is 6.20 Å². The molecule has 0 aromatic carbocycles. The normalized spacial score (nSPS) is 17.6. The van der Waals surface area contributed by atoms with Crippen molar-refractivity contribution in [2.24, 2.45) is 5.92 Å². The first-order chi connectivity index (χ1) is 9.11. The van der Waals surface area contributed by atoms with Gasteiger partial charge in [-0.2, -0.15) is 5.10 Å². The van der Waals surface area contributed by atoms with Crippen LogP contribution < -0.4 is 10.9 Å². The lowest BCUT2D eigenvalue weighted by molar-refractivity contribution is 0.226. The van der Waals surface area contributed by atoms with Crippen molar-refractivity contribution in [3.05, 3.63) is 21.0 Å². The molecule has 1 aliphatic heterocycles. The third-order valence-corrected chi connectivity index (χ3v) is 4.47. The highest BCUT2D eigenvalue weighted by atomic mass is 79.9. The molecule has 19 heavy (non-hydrogen) atoms. The number of likely N-dealkylation sites (tertiary alicyclic amines) is 1. The van der Waals surface area contributed by atoms with Gasteiger partial charge in [0.25, 0.3) is 5.56 Å². The summed E-state index contributed by atoms with van der Waals surface area (Å²) in [5, 5.41) is 7.49. The van der Waals surface area contributed by atoms with Crippen LogP contribution in [-0.2, 0) is 6.54 Å². The molecule has 5 nitrogen and oxygen atoms in total. The number of hydrogen-bond acceptors (Lipinski definition) is 4. The lowest BCUT2D eigenvalue weighted by Crippen LogP contribution is -2.33. The Balaban J connectivity index is 1.96. The zero-order chi connectivity index (χ0) is 13.8. The Morgan fingerprint density at radius 3 is 2.79 bits per heavy atom. The number of nitrogens with one attached hydrogen (secondary N) is 1. The van der Waals surface area contributed by atoms with Crippen LogP contribution in [0.1, 0.15) is 19.8 Å². The maximum Gasteiger partial charge on any atom is 0.283 e. The molecular weight excluding hydrogens is 308 g/mol. The van der Waals surface area contributed by atoms with Crippen molar-refractivity contribution in [1.29, 1.82) is 0 Å². The van der Waals surface area contributed by atoms with E-state index in [0.29, 0.717) is 16.9 Å². The largest absolute Gasteiger partial charge is 0.382 e. The Morgan fingerprint density at radius 2 is 2.16 bits per heavy atom. The van der Waals surface area contributed by atoms with Crippen molar-refractivity contribution in [3.8, 4) is 0 Å². The average Bonchev–Trinajstić information content (AvgIpc) is 2.42. The second-order valence-corrected chi connectivity index (χ2v) is 5.91. The predicted octanol–water partition coefficient (Wildman–Crippen LogP) is 1.78. The molecule has 1 N–H and O–H groups in total. The van der Waals surface area contributed by atoms with Crippen LogP contribution in [0.2, 0.25) is 0 Å². The number of aryl methyl sites for hydroxylation is 1. The molecule has 1 aliphatic rings. The van der Waals surface area contributed by atoms with Crippen molar-refractivity contribution in [3.63, 3.8) is 0 Å². The Labute approximate surface area is 122 Å². The molecule has 1 fully saturated rings. The first-order valence-electron chi connectivity index (χ1n) is 6.79. The summed E-state index contributed by atoms with van der Waals surface area (Å²) < 4.78 is 2.03. The molecule has 1 aromatic heterocycles. The highest BCUT2D eigenvalue weighted by Gasteiger charge is 2.17. The van der Waals surface area contributed by atoms with E-state index >= 15 is 0 Å². The minimum atomic E-state index is -0.0733. The van der Waals surface area contributed by atoms with Crippen molar-refractivity contribution in [2.45, 2.75) is 26.3 Å². The van der Waals surface area contributed by atoms with E-state index in [4.69, 9.17) is 0 Å². The number of aromatic nitrogens is 2. The summed E-state index contributed by atoms with van der Waals surface area (Å²) in [5.74, 6) is 0.678. The molecule has 0 amide bonds.